The molecule has 0 aromatic carbocycles. The molecule has 0 aliphatic carbocycles. The smallest absolute Gasteiger partial charge is 0.306 e. The third-order valence-corrected chi connectivity index (χ3v) is 13.5. The van der Waals surface area contributed by atoms with Crippen molar-refractivity contribution in [2.24, 2.45) is 0 Å². The van der Waals surface area contributed by atoms with Gasteiger partial charge in [0.25, 0.3) is 7.82 Å². The van der Waals surface area contributed by atoms with Gasteiger partial charge in [0.05, 0.1) is 33.8 Å². The number of phosphoric acid groups is 1. The number of likely N-dealkylation sites (N-methyl/N-ethyl adjacent to an activating group) is 1. The Bertz CT molecular complexity index is 1570. The number of rotatable bonds is 52. The Labute approximate surface area is 449 Å². The fourth-order valence-electron chi connectivity index (χ4n) is 7.93. The molecule has 9 nitrogen and oxygen atoms in total. The van der Waals surface area contributed by atoms with E-state index >= 15 is 0 Å². The topological polar surface area (TPSA) is 114 Å². The lowest BCUT2D eigenvalue weighted by atomic mass is 10.0. The van der Waals surface area contributed by atoms with E-state index in [1.165, 1.54) is 96.3 Å². The highest BCUT2D eigenvalue weighted by atomic mass is 31.2. The van der Waals surface area contributed by atoms with Crippen molar-refractivity contribution in [2.45, 2.75) is 251 Å². The molecule has 1 N–H and O–H groups in total. The Morgan fingerprint density at radius 2 is 0.877 bits per heavy atom. The second kappa shape index (κ2) is 52.4. The Balaban J connectivity index is 5.42. The zero-order valence-corrected chi connectivity index (χ0v) is 48.7. The van der Waals surface area contributed by atoms with Crippen molar-refractivity contribution in [2.75, 3.05) is 40.9 Å². The largest absolute Gasteiger partial charge is 0.756 e. The summed E-state index contributed by atoms with van der Waals surface area (Å²) in [5, 5.41) is 2.99. The molecule has 0 fully saturated rings. The number of phosphoric ester groups is 1. The molecule has 0 bridgehead atoms. The van der Waals surface area contributed by atoms with Crippen molar-refractivity contribution in [1.29, 1.82) is 0 Å². The molecule has 0 saturated heterocycles. The predicted octanol–water partition coefficient (Wildman–Crippen LogP) is 17.4. The molecule has 0 radical (unpaired) electrons. The lowest BCUT2D eigenvalue weighted by Crippen LogP contribution is -2.47. The van der Waals surface area contributed by atoms with Crippen molar-refractivity contribution in [3.8, 4) is 0 Å². The average molecular weight is 1040 g/mol. The zero-order chi connectivity index (χ0) is 53.6. The summed E-state index contributed by atoms with van der Waals surface area (Å²) >= 11 is 0. The van der Waals surface area contributed by atoms with Crippen LogP contribution >= 0.6 is 7.82 Å². The molecule has 73 heavy (non-hydrogen) atoms. The van der Waals surface area contributed by atoms with Crippen molar-refractivity contribution in [3.63, 3.8) is 0 Å². The van der Waals surface area contributed by atoms with E-state index in [0.717, 1.165) is 96.3 Å². The number of unbranched alkanes of at least 4 members (excludes halogenated alkanes) is 22. The van der Waals surface area contributed by atoms with Gasteiger partial charge in [-0.1, -0.05) is 215 Å². The molecule has 1 amide bonds. The highest BCUT2D eigenvalue weighted by Gasteiger charge is 2.27. The maximum atomic E-state index is 13.5. The molecule has 3 unspecified atom stereocenters. The molecule has 0 heterocycles. The zero-order valence-electron chi connectivity index (χ0n) is 47.8. The van der Waals surface area contributed by atoms with E-state index in [-0.39, 0.29) is 31.3 Å². The second-order valence-electron chi connectivity index (χ2n) is 20.8. The Hall–Kier alpha value is -3.07. The van der Waals surface area contributed by atoms with Crippen LogP contribution in [-0.2, 0) is 27.9 Å². The summed E-state index contributed by atoms with van der Waals surface area (Å²) in [7, 11) is 1.14. The molecule has 10 heteroatoms. The summed E-state index contributed by atoms with van der Waals surface area (Å²) in [5.74, 6) is -0.615. The minimum Gasteiger partial charge on any atom is -0.756 e. The number of allylic oxidation sites excluding steroid dienone is 15. The van der Waals surface area contributed by atoms with Gasteiger partial charge in [-0.05, 0) is 109 Å². The predicted molar refractivity (Wildman–Crippen MR) is 311 cm³/mol. The number of nitrogens with one attached hydrogen (secondary N) is 1. The van der Waals surface area contributed by atoms with Crippen LogP contribution in [0.1, 0.15) is 239 Å². The highest BCUT2D eigenvalue weighted by Crippen LogP contribution is 2.38. The van der Waals surface area contributed by atoms with E-state index in [1.807, 2.05) is 33.3 Å². The number of nitrogens with zero attached hydrogens (tertiary/aromatic N) is 1. The number of amides is 1. The highest BCUT2D eigenvalue weighted by molar-refractivity contribution is 7.45. The van der Waals surface area contributed by atoms with Gasteiger partial charge in [0, 0.05) is 12.8 Å². The summed E-state index contributed by atoms with van der Waals surface area (Å²) in [5.41, 5.74) is 0. The van der Waals surface area contributed by atoms with Crippen LogP contribution < -0.4 is 10.2 Å². The van der Waals surface area contributed by atoms with E-state index in [9.17, 15) is 19.0 Å². The Morgan fingerprint density at radius 3 is 1.34 bits per heavy atom. The molecule has 0 aromatic heterocycles. The second-order valence-corrected chi connectivity index (χ2v) is 22.2. The summed E-state index contributed by atoms with van der Waals surface area (Å²) < 4.78 is 30.2. The van der Waals surface area contributed by atoms with Crippen LogP contribution in [-0.4, -0.2) is 69.4 Å². The van der Waals surface area contributed by atoms with Crippen molar-refractivity contribution in [1.82, 2.24) is 5.32 Å². The van der Waals surface area contributed by atoms with Crippen molar-refractivity contribution >= 4 is 19.7 Å². The summed E-state index contributed by atoms with van der Waals surface area (Å²) in [6.45, 7) is 6.66. The van der Waals surface area contributed by atoms with Gasteiger partial charge in [-0.2, -0.15) is 0 Å². The average Bonchev–Trinajstić information content (AvgIpc) is 3.35. The fraction of sp³-hybridized carbons (Fsp3) is 0.714. The lowest BCUT2D eigenvalue weighted by molar-refractivity contribution is -0.870. The third kappa shape index (κ3) is 53.6. The number of carbonyl (C=O) groups is 2. The number of esters is 1. The molecule has 0 saturated carbocycles. The molecule has 0 aromatic rings. The van der Waals surface area contributed by atoms with E-state index in [1.54, 1.807) is 0 Å². The first-order chi connectivity index (χ1) is 35.4. The molecular weight excluding hydrogens is 928 g/mol. The first-order valence-electron chi connectivity index (χ1n) is 29.5. The van der Waals surface area contributed by atoms with E-state index in [2.05, 4.69) is 111 Å². The Morgan fingerprint density at radius 1 is 0.493 bits per heavy atom. The fourth-order valence-corrected chi connectivity index (χ4v) is 8.65. The monoisotopic (exact) mass is 1040 g/mol. The van der Waals surface area contributed by atoms with E-state index < -0.39 is 26.6 Å². The SMILES string of the molecule is CC/C=C\C/C=C\C/C=C\C/C=C\C/C=C\C/C=C\CCCCC(=O)NC(COP(=O)([O-])OCC[N+](C)(C)C)C(/C=C\CCCCCCCCCCCCC)OC(=O)CCCCC/C=C\CCCCCCCC. The van der Waals surface area contributed by atoms with Crippen LogP contribution in [0, 0.1) is 0 Å². The number of quaternary nitrogens is 1. The maximum Gasteiger partial charge on any atom is 0.306 e. The molecule has 3 atom stereocenters. The first-order valence-corrected chi connectivity index (χ1v) is 31.0. The third-order valence-electron chi connectivity index (χ3n) is 12.5. The molecule has 0 spiro atoms. The van der Waals surface area contributed by atoms with Gasteiger partial charge in [0.1, 0.15) is 19.3 Å². The van der Waals surface area contributed by atoms with Gasteiger partial charge in [0.2, 0.25) is 5.91 Å². The van der Waals surface area contributed by atoms with E-state index in [4.69, 9.17) is 13.8 Å². The van der Waals surface area contributed by atoms with Gasteiger partial charge < -0.3 is 28.5 Å². The molecular formula is C63H111N2O7P. The first kappa shape index (κ1) is 69.9. The van der Waals surface area contributed by atoms with Crippen LogP contribution in [0.25, 0.3) is 0 Å². The number of carbonyl (C=O) groups excluding carboxylic acids is 2. The maximum absolute atomic E-state index is 13.5. The van der Waals surface area contributed by atoms with Crippen LogP contribution in [0.15, 0.2) is 97.2 Å². The minimum atomic E-state index is -4.72. The Kier molecular flexibility index (Phi) is 50.2. The molecule has 0 rings (SSSR count). The van der Waals surface area contributed by atoms with Crippen LogP contribution in [0.2, 0.25) is 0 Å². The van der Waals surface area contributed by atoms with Gasteiger partial charge in [0.15, 0.2) is 0 Å². The lowest BCUT2D eigenvalue weighted by Gasteiger charge is -2.30. The molecule has 420 valence electrons. The van der Waals surface area contributed by atoms with Gasteiger partial charge in [-0.3, -0.25) is 14.2 Å². The quantitative estimate of drug-likeness (QED) is 0.0212. The standard InChI is InChI=1S/C63H111N2O7P/c1-7-10-13-16-19-22-25-28-29-30-31-32-33-34-35-38-40-43-46-49-52-55-62(66)64-60(59-71-73(68,69)70-58-57-65(4,5)6)61(54-51-48-45-42-39-36-26-23-20-17-14-11-8-2)72-63(67)56-53-50-47-44-41-37-27-24-21-18-15-12-9-3/h10,13,19,22,28-29,31-32,34-35,37,40-41,43,51,54,60-61H,7-9,11-12,14-18,20-21,23-27,30,33,36,38-39,42,44-50,52-53,55-59H2,1-6H3,(H-,64,66,68,69)/b13-10-,22-19-,29-28-,32-31-,35-34-,41-37-,43-40-,54-51-. The normalized spacial score (nSPS) is 14.5. The van der Waals surface area contributed by atoms with Crippen LogP contribution in [0.5, 0.6) is 0 Å². The van der Waals surface area contributed by atoms with Gasteiger partial charge in [-0.25, -0.2) is 0 Å². The van der Waals surface area contributed by atoms with Crippen LogP contribution in [0.4, 0.5) is 0 Å². The number of hydrogen-bond acceptors (Lipinski definition) is 7. The number of ether oxygens (including phenoxy) is 1. The van der Waals surface area contributed by atoms with Crippen molar-refractivity contribution < 1.29 is 37.3 Å². The molecule has 0 aliphatic rings. The van der Waals surface area contributed by atoms with Gasteiger partial charge >= 0.3 is 5.97 Å². The van der Waals surface area contributed by atoms with Crippen LogP contribution in [0.3, 0.4) is 0 Å². The van der Waals surface area contributed by atoms with Crippen molar-refractivity contribution in [3.05, 3.63) is 97.2 Å². The minimum absolute atomic E-state index is 0.0374. The number of hydrogen-bond donors (Lipinski definition) is 1. The van der Waals surface area contributed by atoms with E-state index in [0.29, 0.717) is 23.9 Å². The summed E-state index contributed by atoms with van der Waals surface area (Å²) in [6, 6.07) is -0.922. The summed E-state index contributed by atoms with van der Waals surface area (Å²) in [6.07, 6.45) is 69.5. The molecule has 0 aliphatic heterocycles. The summed E-state index contributed by atoms with van der Waals surface area (Å²) in [4.78, 5) is 39.9. The van der Waals surface area contributed by atoms with Gasteiger partial charge in [-0.15, -0.1) is 0 Å².